The lowest BCUT2D eigenvalue weighted by atomic mass is 9.99. The van der Waals surface area contributed by atoms with Crippen LogP contribution in [0.5, 0.6) is 0 Å². The fraction of sp³-hybridized carbons (Fsp3) is 0.375. The molecule has 0 radical (unpaired) electrons. The molecular formula is C16H20N2O. The Morgan fingerprint density at radius 1 is 1.05 bits per heavy atom. The quantitative estimate of drug-likeness (QED) is 0.803. The van der Waals surface area contributed by atoms with Crippen molar-refractivity contribution in [1.82, 2.24) is 10.2 Å². The molecule has 0 aliphatic carbocycles. The van der Waals surface area contributed by atoms with Gasteiger partial charge in [0.15, 0.2) is 0 Å². The fourth-order valence-corrected chi connectivity index (χ4v) is 2.22. The van der Waals surface area contributed by atoms with Gasteiger partial charge in [-0.1, -0.05) is 50.5 Å². The minimum atomic E-state index is -0.163. The molecule has 100 valence electrons. The van der Waals surface area contributed by atoms with E-state index in [1.54, 1.807) is 6.07 Å². The molecule has 2 rings (SSSR count). The molecule has 3 heteroatoms. The average molecular weight is 256 g/mol. The van der Waals surface area contributed by atoms with Crippen molar-refractivity contribution in [2.45, 2.75) is 39.0 Å². The van der Waals surface area contributed by atoms with E-state index in [2.05, 4.69) is 35.3 Å². The summed E-state index contributed by atoms with van der Waals surface area (Å²) in [6.45, 7) is 2.22. The summed E-state index contributed by atoms with van der Waals surface area (Å²) in [6.07, 6.45) is 6.08. The van der Waals surface area contributed by atoms with Crippen molar-refractivity contribution < 1.29 is 0 Å². The van der Waals surface area contributed by atoms with Crippen molar-refractivity contribution in [2.24, 2.45) is 0 Å². The Kier molecular flexibility index (Phi) is 4.90. The zero-order valence-corrected chi connectivity index (χ0v) is 11.4. The molecule has 0 unspecified atom stereocenters. The standard InChI is InChI=1S/C16H20N2O/c1-2-3-4-5-8-13-9-6-7-10-14(13)15-11-12-16(19)18-17-15/h6-7,9-12H,2-5,8H2,1H3,(H,18,19). The summed E-state index contributed by atoms with van der Waals surface area (Å²) in [5, 5.41) is 6.61. The van der Waals surface area contributed by atoms with Crippen molar-refractivity contribution in [3.63, 3.8) is 0 Å². The number of nitrogens with one attached hydrogen (secondary N) is 1. The molecule has 0 aliphatic rings. The Bertz CT molecular complexity index is 554. The zero-order valence-electron chi connectivity index (χ0n) is 11.4. The predicted octanol–water partition coefficient (Wildman–Crippen LogP) is 3.56. The number of hydrogen-bond donors (Lipinski definition) is 1. The summed E-state index contributed by atoms with van der Waals surface area (Å²) in [4.78, 5) is 11.1. The lowest BCUT2D eigenvalue weighted by Gasteiger charge is -2.08. The second-order valence-corrected chi connectivity index (χ2v) is 4.77. The van der Waals surface area contributed by atoms with E-state index in [1.807, 2.05) is 6.07 Å². The molecule has 0 saturated heterocycles. The molecule has 0 spiro atoms. The summed E-state index contributed by atoms with van der Waals surface area (Å²) in [6, 6.07) is 11.6. The van der Waals surface area contributed by atoms with E-state index in [4.69, 9.17) is 0 Å². The van der Waals surface area contributed by atoms with E-state index in [0.717, 1.165) is 17.7 Å². The first-order valence-electron chi connectivity index (χ1n) is 6.95. The summed E-state index contributed by atoms with van der Waals surface area (Å²) in [5.41, 5.74) is 3.10. The van der Waals surface area contributed by atoms with Crippen molar-refractivity contribution in [2.75, 3.05) is 0 Å². The molecule has 0 saturated carbocycles. The van der Waals surface area contributed by atoms with Crippen LogP contribution in [-0.2, 0) is 6.42 Å². The van der Waals surface area contributed by atoms with Gasteiger partial charge in [-0.2, -0.15) is 5.10 Å². The molecule has 1 heterocycles. The van der Waals surface area contributed by atoms with Gasteiger partial charge in [0.2, 0.25) is 0 Å². The van der Waals surface area contributed by atoms with Crippen LogP contribution in [0.25, 0.3) is 11.3 Å². The Labute approximate surface area is 113 Å². The number of H-pyrrole nitrogens is 1. The maximum absolute atomic E-state index is 11.1. The van der Waals surface area contributed by atoms with E-state index in [0.29, 0.717) is 0 Å². The first kappa shape index (κ1) is 13.5. The number of nitrogens with zero attached hydrogens (tertiary/aromatic N) is 1. The van der Waals surface area contributed by atoms with Gasteiger partial charge in [-0.3, -0.25) is 4.79 Å². The van der Waals surface area contributed by atoms with Crippen molar-refractivity contribution in [1.29, 1.82) is 0 Å². The number of rotatable bonds is 6. The maximum atomic E-state index is 11.1. The Balaban J connectivity index is 2.16. The van der Waals surface area contributed by atoms with E-state index >= 15 is 0 Å². The first-order valence-corrected chi connectivity index (χ1v) is 6.95. The third-order valence-corrected chi connectivity index (χ3v) is 3.27. The summed E-state index contributed by atoms with van der Waals surface area (Å²) in [5.74, 6) is 0. The monoisotopic (exact) mass is 256 g/mol. The highest BCUT2D eigenvalue weighted by Gasteiger charge is 2.05. The molecule has 0 aliphatic heterocycles. The van der Waals surface area contributed by atoms with Crippen molar-refractivity contribution >= 4 is 0 Å². The molecule has 0 atom stereocenters. The number of aromatic amines is 1. The first-order chi connectivity index (χ1) is 9.31. The fourth-order valence-electron chi connectivity index (χ4n) is 2.22. The van der Waals surface area contributed by atoms with Crippen LogP contribution in [0.3, 0.4) is 0 Å². The molecule has 2 aromatic rings. The van der Waals surface area contributed by atoms with Gasteiger partial charge < -0.3 is 0 Å². The number of aryl methyl sites for hydroxylation is 1. The Morgan fingerprint density at radius 3 is 2.63 bits per heavy atom. The molecule has 19 heavy (non-hydrogen) atoms. The highest BCUT2D eigenvalue weighted by molar-refractivity contribution is 5.62. The molecule has 1 aromatic carbocycles. The zero-order chi connectivity index (χ0) is 13.5. The van der Waals surface area contributed by atoms with Crippen molar-refractivity contribution in [3.05, 3.63) is 52.3 Å². The largest absolute Gasteiger partial charge is 0.268 e. The molecule has 1 aromatic heterocycles. The summed E-state index contributed by atoms with van der Waals surface area (Å²) < 4.78 is 0. The molecular weight excluding hydrogens is 236 g/mol. The van der Waals surface area contributed by atoms with E-state index in [9.17, 15) is 4.79 Å². The van der Waals surface area contributed by atoms with E-state index in [1.165, 1.54) is 37.3 Å². The Hall–Kier alpha value is -1.90. The highest BCUT2D eigenvalue weighted by Crippen LogP contribution is 2.22. The smallest absolute Gasteiger partial charge is 0.264 e. The van der Waals surface area contributed by atoms with Gasteiger partial charge in [0.25, 0.3) is 5.56 Å². The van der Waals surface area contributed by atoms with Gasteiger partial charge in [0.1, 0.15) is 0 Å². The molecule has 3 nitrogen and oxygen atoms in total. The predicted molar refractivity (Wildman–Crippen MR) is 78.1 cm³/mol. The van der Waals surface area contributed by atoms with Crippen LogP contribution in [-0.4, -0.2) is 10.2 Å². The molecule has 1 N–H and O–H groups in total. The van der Waals surface area contributed by atoms with Crippen LogP contribution in [0.15, 0.2) is 41.2 Å². The summed E-state index contributed by atoms with van der Waals surface area (Å²) in [7, 11) is 0. The lowest BCUT2D eigenvalue weighted by Crippen LogP contribution is -2.06. The minimum Gasteiger partial charge on any atom is -0.268 e. The second-order valence-electron chi connectivity index (χ2n) is 4.77. The summed E-state index contributed by atoms with van der Waals surface area (Å²) >= 11 is 0. The second kappa shape index (κ2) is 6.88. The Morgan fingerprint density at radius 2 is 1.89 bits per heavy atom. The number of unbranched alkanes of at least 4 members (excludes halogenated alkanes) is 3. The normalized spacial score (nSPS) is 10.6. The molecule has 0 fully saturated rings. The average Bonchev–Trinajstić information content (AvgIpc) is 2.45. The van der Waals surface area contributed by atoms with Gasteiger partial charge in [0.05, 0.1) is 5.69 Å². The highest BCUT2D eigenvalue weighted by atomic mass is 16.1. The maximum Gasteiger partial charge on any atom is 0.264 e. The van der Waals surface area contributed by atoms with Crippen molar-refractivity contribution in [3.8, 4) is 11.3 Å². The van der Waals surface area contributed by atoms with E-state index in [-0.39, 0.29) is 5.56 Å². The van der Waals surface area contributed by atoms with Crippen LogP contribution in [0, 0.1) is 0 Å². The van der Waals surface area contributed by atoms with Crippen LogP contribution in [0.4, 0.5) is 0 Å². The van der Waals surface area contributed by atoms with Gasteiger partial charge in [-0.25, -0.2) is 5.10 Å². The van der Waals surface area contributed by atoms with Gasteiger partial charge in [0, 0.05) is 11.6 Å². The van der Waals surface area contributed by atoms with Crippen LogP contribution in [0.1, 0.15) is 38.2 Å². The van der Waals surface area contributed by atoms with Gasteiger partial charge in [-0.15, -0.1) is 0 Å². The number of hydrogen-bond acceptors (Lipinski definition) is 2. The third kappa shape index (κ3) is 3.78. The van der Waals surface area contributed by atoms with Gasteiger partial charge >= 0.3 is 0 Å². The molecule has 0 bridgehead atoms. The topological polar surface area (TPSA) is 45.8 Å². The van der Waals surface area contributed by atoms with Crippen LogP contribution in [0.2, 0.25) is 0 Å². The van der Waals surface area contributed by atoms with E-state index < -0.39 is 0 Å². The minimum absolute atomic E-state index is 0.163. The number of aromatic nitrogens is 2. The van der Waals surface area contributed by atoms with Crippen LogP contribution < -0.4 is 5.56 Å². The van der Waals surface area contributed by atoms with Gasteiger partial charge in [-0.05, 0) is 24.5 Å². The van der Waals surface area contributed by atoms with Crippen LogP contribution >= 0.6 is 0 Å². The number of benzene rings is 1. The molecule has 0 amide bonds. The lowest BCUT2D eigenvalue weighted by molar-refractivity contribution is 0.667. The third-order valence-electron chi connectivity index (χ3n) is 3.27. The SMILES string of the molecule is CCCCCCc1ccccc1-c1ccc(=O)[nH]n1.